The van der Waals surface area contributed by atoms with Gasteiger partial charge in [0, 0.05) is 18.4 Å². The molecule has 8 heteroatoms. The molecular weight excluding hydrogens is 411 g/mol. The van der Waals surface area contributed by atoms with Gasteiger partial charge in [-0.3, -0.25) is 14.6 Å². The second kappa shape index (κ2) is 9.55. The minimum absolute atomic E-state index is 0.125. The van der Waals surface area contributed by atoms with E-state index in [0.717, 1.165) is 18.5 Å². The number of carbonyl (C=O) groups excluding carboxylic acids is 2. The van der Waals surface area contributed by atoms with Gasteiger partial charge in [-0.05, 0) is 62.6 Å². The van der Waals surface area contributed by atoms with Gasteiger partial charge in [-0.25, -0.2) is 9.37 Å². The largest absolute Gasteiger partial charge is 0.454 e. The Morgan fingerprint density at radius 1 is 1.06 bits per heavy atom. The number of para-hydroxylation sites is 1. The zero-order valence-electron chi connectivity index (χ0n) is 17.6. The van der Waals surface area contributed by atoms with Crippen LogP contribution in [0.2, 0.25) is 0 Å². The Balaban J connectivity index is 1.43. The summed E-state index contributed by atoms with van der Waals surface area (Å²) in [5.41, 5.74) is 1.51. The van der Waals surface area contributed by atoms with Gasteiger partial charge >= 0.3 is 0 Å². The van der Waals surface area contributed by atoms with E-state index in [1.807, 2.05) is 0 Å². The lowest BCUT2D eigenvalue weighted by Crippen LogP contribution is -2.50. The van der Waals surface area contributed by atoms with Crippen molar-refractivity contribution in [1.82, 2.24) is 14.9 Å². The summed E-state index contributed by atoms with van der Waals surface area (Å²) >= 11 is 0. The van der Waals surface area contributed by atoms with Gasteiger partial charge in [-0.1, -0.05) is 12.1 Å². The number of nitrogens with zero attached hydrogens (tertiary/aromatic N) is 3. The number of hydrogen-bond donors (Lipinski definition) is 1. The number of amides is 2. The highest BCUT2D eigenvalue weighted by Gasteiger charge is 2.33. The molecule has 0 bridgehead atoms. The summed E-state index contributed by atoms with van der Waals surface area (Å²) in [6.45, 7) is 2.28. The van der Waals surface area contributed by atoms with Crippen molar-refractivity contribution in [3.63, 3.8) is 0 Å². The summed E-state index contributed by atoms with van der Waals surface area (Å²) in [5, 5.41) is 2.86. The summed E-state index contributed by atoms with van der Waals surface area (Å²) in [6, 6.07) is 12.2. The Hall–Kier alpha value is -3.81. The molecule has 0 unspecified atom stereocenters. The van der Waals surface area contributed by atoms with E-state index in [0.29, 0.717) is 24.4 Å². The number of nitrogens with one attached hydrogen (secondary N) is 1. The Bertz CT molecular complexity index is 1100. The molecule has 0 saturated carbocycles. The number of aromatic nitrogens is 2. The third kappa shape index (κ3) is 4.91. The highest BCUT2D eigenvalue weighted by atomic mass is 19.1. The molecule has 0 radical (unpaired) electrons. The number of likely N-dealkylation sites (tertiary alicyclic amines) is 1. The van der Waals surface area contributed by atoms with Crippen LogP contribution in [-0.4, -0.2) is 39.3 Å². The first-order valence-corrected chi connectivity index (χ1v) is 10.4. The van der Waals surface area contributed by atoms with Crippen LogP contribution in [0.1, 0.15) is 35.4 Å². The van der Waals surface area contributed by atoms with Gasteiger partial charge in [-0.2, -0.15) is 0 Å². The zero-order chi connectivity index (χ0) is 22.5. The van der Waals surface area contributed by atoms with Crippen molar-refractivity contribution < 1.29 is 18.7 Å². The van der Waals surface area contributed by atoms with Crippen molar-refractivity contribution in [3.05, 3.63) is 78.1 Å². The van der Waals surface area contributed by atoms with Crippen molar-refractivity contribution in [2.24, 2.45) is 0 Å². The molecule has 2 heterocycles. The van der Waals surface area contributed by atoms with Gasteiger partial charge in [0.15, 0.2) is 11.6 Å². The number of carbonyl (C=O) groups is 2. The zero-order valence-corrected chi connectivity index (χ0v) is 17.6. The van der Waals surface area contributed by atoms with Crippen LogP contribution in [-0.2, 0) is 4.79 Å². The summed E-state index contributed by atoms with van der Waals surface area (Å²) in [5.74, 6) is -0.447. The Labute approximate surface area is 185 Å². The standard InChI is InChI=1S/C24H23FN4O3/c1-16-14-27-20(15-26-16)24(31)29-13-5-4-7-21(29)23(30)28-17-9-11-18(12-10-17)32-22-8-3-2-6-19(22)25/h2-3,6,8-12,14-15,21H,4-5,7,13H2,1H3,(H,28,30)/t21-/m0/s1. The fourth-order valence-corrected chi connectivity index (χ4v) is 3.58. The smallest absolute Gasteiger partial charge is 0.274 e. The minimum Gasteiger partial charge on any atom is -0.454 e. The lowest BCUT2D eigenvalue weighted by Gasteiger charge is -2.34. The molecule has 164 valence electrons. The number of benzene rings is 2. The van der Waals surface area contributed by atoms with Gasteiger partial charge < -0.3 is 15.0 Å². The molecule has 1 aromatic heterocycles. The van der Waals surface area contributed by atoms with E-state index in [4.69, 9.17) is 4.74 Å². The van der Waals surface area contributed by atoms with Gasteiger partial charge in [0.2, 0.25) is 5.91 Å². The molecule has 1 fully saturated rings. The van der Waals surface area contributed by atoms with E-state index >= 15 is 0 Å². The van der Waals surface area contributed by atoms with Crippen LogP contribution in [0.25, 0.3) is 0 Å². The molecule has 1 aliphatic heterocycles. The average molecular weight is 434 g/mol. The summed E-state index contributed by atoms with van der Waals surface area (Å²) in [6.07, 6.45) is 5.24. The average Bonchev–Trinajstić information content (AvgIpc) is 2.82. The van der Waals surface area contributed by atoms with Crippen molar-refractivity contribution in [2.75, 3.05) is 11.9 Å². The van der Waals surface area contributed by atoms with Crippen molar-refractivity contribution in [2.45, 2.75) is 32.2 Å². The first-order valence-electron chi connectivity index (χ1n) is 10.4. The van der Waals surface area contributed by atoms with Crippen LogP contribution < -0.4 is 10.1 Å². The minimum atomic E-state index is -0.589. The first-order chi connectivity index (χ1) is 15.5. The lowest BCUT2D eigenvalue weighted by molar-refractivity contribution is -0.121. The first kappa shape index (κ1) is 21.4. The lowest BCUT2D eigenvalue weighted by atomic mass is 10.0. The number of aryl methyl sites for hydroxylation is 1. The van der Waals surface area contributed by atoms with E-state index in [9.17, 15) is 14.0 Å². The molecule has 4 rings (SSSR count). The maximum Gasteiger partial charge on any atom is 0.274 e. The topological polar surface area (TPSA) is 84.4 Å². The SMILES string of the molecule is Cc1cnc(C(=O)N2CCCC[C@H]2C(=O)Nc2ccc(Oc3ccccc3F)cc2)cn1. The van der Waals surface area contributed by atoms with Gasteiger partial charge in [-0.15, -0.1) is 0 Å². The second-order valence-electron chi connectivity index (χ2n) is 7.60. The van der Waals surface area contributed by atoms with E-state index in [1.54, 1.807) is 48.2 Å². The Kier molecular flexibility index (Phi) is 6.39. The Morgan fingerprint density at radius 2 is 1.84 bits per heavy atom. The molecule has 0 aliphatic carbocycles. The highest BCUT2D eigenvalue weighted by molar-refractivity contribution is 6.00. The molecule has 1 atom stereocenters. The summed E-state index contributed by atoms with van der Waals surface area (Å²) in [4.78, 5) is 35.7. The van der Waals surface area contributed by atoms with E-state index in [1.165, 1.54) is 24.5 Å². The van der Waals surface area contributed by atoms with Crippen LogP contribution in [0.5, 0.6) is 11.5 Å². The van der Waals surface area contributed by atoms with Gasteiger partial charge in [0.05, 0.1) is 11.9 Å². The summed E-state index contributed by atoms with van der Waals surface area (Å²) < 4.78 is 19.3. The molecule has 7 nitrogen and oxygen atoms in total. The third-order valence-electron chi connectivity index (χ3n) is 5.25. The van der Waals surface area contributed by atoms with Crippen LogP contribution in [0, 0.1) is 12.7 Å². The predicted octanol–water partition coefficient (Wildman–Crippen LogP) is 4.35. The maximum atomic E-state index is 13.8. The summed E-state index contributed by atoms with van der Waals surface area (Å²) in [7, 11) is 0. The molecular formula is C24H23FN4O3. The monoisotopic (exact) mass is 434 g/mol. The number of piperidine rings is 1. The van der Waals surface area contributed by atoms with E-state index in [-0.39, 0.29) is 23.3 Å². The number of ether oxygens (including phenoxy) is 1. The molecule has 1 aliphatic rings. The van der Waals surface area contributed by atoms with Crippen LogP contribution in [0.4, 0.5) is 10.1 Å². The molecule has 0 spiro atoms. The van der Waals surface area contributed by atoms with E-state index < -0.39 is 11.9 Å². The normalized spacial score (nSPS) is 15.8. The third-order valence-corrected chi connectivity index (χ3v) is 5.25. The van der Waals surface area contributed by atoms with Gasteiger partial charge in [0.1, 0.15) is 17.5 Å². The van der Waals surface area contributed by atoms with Crippen LogP contribution in [0.15, 0.2) is 60.9 Å². The molecule has 1 saturated heterocycles. The van der Waals surface area contributed by atoms with Crippen LogP contribution >= 0.6 is 0 Å². The fraction of sp³-hybridized carbons (Fsp3) is 0.250. The Morgan fingerprint density at radius 3 is 2.56 bits per heavy atom. The van der Waals surface area contributed by atoms with Crippen molar-refractivity contribution >= 4 is 17.5 Å². The molecule has 2 aromatic carbocycles. The van der Waals surface area contributed by atoms with E-state index in [2.05, 4.69) is 15.3 Å². The number of hydrogen-bond acceptors (Lipinski definition) is 5. The molecule has 32 heavy (non-hydrogen) atoms. The van der Waals surface area contributed by atoms with Crippen LogP contribution in [0.3, 0.4) is 0 Å². The number of rotatable bonds is 5. The van der Waals surface area contributed by atoms with Gasteiger partial charge in [0.25, 0.3) is 5.91 Å². The van der Waals surface area contributed by atoms with Crippen molar-refractivity contribution in [1.29, 1.82) is 0 Å². The number of halogens is 1. The fourth-order valence-electron chi connectivity index (χ4n) is 3.58. The molecule has 1 N–H and O–H groups in total. The number of anilines is 1. The predicted molar refractivity (Wildman–Crippen MR) is 117 cm³/mol. The second-order valence-corrected chi connectivity index (χ2v) is 7.60. The maximum absolute atomic E-state index is 13.8. The quantitative estimate of drug-likeness (QED) is 0.645. The highest BCUT2D eigenvalue weighted by Crippen LogP contribution is 2.26. The molecule has 2 amide bonds. The van der Waals surface area contributed by atoms with Crippen molar-refractivity contribution in [3.8, 4) is 11.5 Å². The molecule has 3 aromatic rings.